The molecular weight excluding hydrogens is 380 g/mol. The number of aromatic nitrogens is 2. The molecule has 0 radical (unpaired) electrons. The maximum atomic E-state index is 11.8. The van der Waals surface area contributed by atoms with Crippen molar-refractivity contribution in [1.82, 2.24) is 14.3 Å². The van der Waals surface area contributed by atoms with Crippen molar-refractivity contribution in [1.29, 1.82) is 0 Å². The summed E-state index contributed by atoms with van der Waals surface area (Å²) in [4.78, 5) is 12.9. The molecule has 0 N–H and O–H groups in total. The summed E-state index contributed by atoms with van der Waals surface area (Å²) in [5.74, 6) is 1.64. The van der Waals surface area contributed by atoms with Crippen LogP contribution in [0.15, 0.2) is 41.8 Å². The quantitative estimate of drug-likeness (QED) is 0.670. The van der Waals surface area contributed by atoms with E-state index in [0.29, 0.717) is 13.1 Å². The highest BCUT2D eigenvalue weighted by molar-refractivity contribution is 7.88. The molecule has 3 heterocycles. The molecule has 1 aromatic carbocycles. The molecule has 1 aliphatic heterocycles. The van der Waals surface area contributed by atoms with Crippen LogP contribution in [0.2, 0.25) is 0 Å². The van der Waals surface area contributed by atoms with Crippen molar-refractivity contribution in [2.24, 2.45) is 0 Å². The Morgan fingerprint density at radius 2 is 1.85 bits per heavy atom. The lowest BCUT2D eigenvalue weighted by Gasteiger charge is -2.36. The standard InChI is InChI=1S/C19H22N4O2S2/c1-22(14-9-11-23(12-10-14)27(2,24)25)19-15-6-3-4-7-16(15)20-18(21-19)17-8-5-13-26-17/h3-8,13-14H,9-12H2,1-2H3. The third kappa shape index (κ3) is 3.69. The van der Waals surface area contributed by atoms with Crippen molar-refractivity contribution in [2.75, 3.05) is 31.3 Å². The van der Waals surface area contributed by atoms with Gasteiger partial charge in [0.25, 0.3) is 0 Å². The molecule has 8 heteroatoms. The first-order valence-electron chi connectivity index (χ1n) is 8.92. The van der Waals surface area contributed by atoms with Crippen LogP contribution < -0.4 is 4.90 Å². The van der Waals surface area contributed by atoms with Crippen LogP contribution in [0.1, 0.15) is 12.8 Å². The minimum absolute atomic E-state index is 0.248. The maximum Gasteiger partial charge on any atom is 0.211 e. The number of thiophene rings is 1. The van der Waals surface area contributed by atoms with Gasteiger partial charge in [0.15, 0.2) is 5.82 Å². The maximum absolute atomic E-state index is 11.8. The molecule has 0 saturated carbocycles. The van der Waals surface area contributed by atoms with E-state index in [1.807, 2.05) is 48.8 Å². The van der Waals surface area contributed by atoms with Gasteiger partial charge in [-0.1, -0.05) is 18.2 Å². The summed E-state index contributed by atoms with van der Waals surface area (Å²) in [6, 6.07) is 12.3. The Morgan fingerprint density at radius 3 is 2.52 bits per heavy atom. The summed E-state index contributed by atoms with van der Waals surface area (Å²) < 4.78 is 25.1. The lowest BCUT2D eigenvalue weighted by molar-refractivity contribution is 0.316. The molecule has 3 aromatic rings. The zero-order valence-corrected chi connectivity index (χ0v) is 17.0. The van der Waals surface area contributed by atoms with Gasteiger partial charge >= 0.3 is 0 Å². The van der Waals surface area contributed by atoms with Gasteiger partial charge < -0.3 is 4.90 Å². The number of para-hydroxylation sites is 1. The van der Waals surface area contributed by atoms with Crippen molar-refractivity contribution in [3.05, 3.63) is 41.8 Å². The number of hydrogen-bond donors (Lipinski definition) is 0. The largest absolute Gasteiger partial charge is 0.356 e. The van der Waals surface area contributed by atoms with Crippen LogP contribution >= 0.6 is 11.3 Å². The second-order valence-electron chi connectivity index (χ2n) is 6.87. The van der Waals surface area contributed by atoms with Gasteiger partial charge in [0.2, 0.25) is 10.0 Å². The Balaban J connectivity index is 1.68. The van der Waals surface area contributed by atoms with Crippen LogP contribution in [0.25, 0.3) is 21.6 Å². The van der Waals surface area contributed by atoms with Gasteiger partial charge in [0.1, 0.15) is 5.82 Å². The van der Waals surface area contributed by atoms with E-state index >= 15 is 0 Å². The van der Waals surface area contributed by atoms with Crippen LogP contribution in [0.4, 0.5) is 5.82 Å². The molecule has 142 valence electrons. The van der Waals surface area contributed by atoms with Gasteiger partial charge in [0.05, 0.1) is 16.6 Å². The second-order valence-corrected chi connectivity index (χ2v) is 9.80. The fourth-order valence-corrected chi connectivity index (χ4v) is 5.11. The topological polar surface area (TPSA) is 66.4 Å². The lowest BCUT2D eigenvalue weighted by atomic mass is 10.0. The normalized spacial score (nSPS) is 16.7. The predicted molar refractivity (Wildman–Crippen MR) is 111 cm³/mol. The zero-order valence-electron chi connectivity index (χ0n) is 15.4. The van der Waals surface area contributed by atoms with Crippen molar-refractivity contribution in [2.45, 2.75) is 18.9 Å². The third-order valence-corrected chi connectivity index (χ3v) is 7.27. The van der Waals surface area contributed by atoms with Crippen LogP contribution in [0, 0.1) is 0 Å². The number of fused-ring (bicyclic) bond motifs is 1. The van der Waals surface area contributed by atoms with Gasteiger partial charge in [-0.2, -0.15) is 0 Å². The molecule has 27 heavy (non-hydrogen) atoms. The van der Waals surface area contributed by atoms with Gasteiger partial charge in [-0.3, -0.25) is 0 Å². The highest BCUT2D eigenvalue weighted by Crippen LogP contribution is 2.31. The first kappa shape index (κ1) is 18.3. The number of nitrogens with zero attached hydrogens (tertiary/aromatic N) is 4. The molecule has 1 saturated heterocycles. The number of sulfonamides is 1. The summed E-state index contributed by atoms with van der Waals surface area (Å²) in [5, 5.41) is 3.05. The highest BCUT2D eigenvalue weighted by atomic mass is 32.2. The van der Waals surface area contributed by atoms with Gasteiger partial charge in [-0.15, -0.1) is 11.3 Å². The summed E-state index contributed by atoms with van der Waals surface area (Å²) in [5.41, 5.74) is 0.923. The molecule has 2 aromatic heterocycles. The van der Waals surface area contributed by atoms with Crippen molar-refractivity contribution in [3.63, 3.8) is 0 Å². The predicted octanol–water partition coefficient (Wildman–Crippen LogP) is 3.22. The SMILES string of the molecule is CN(c1nc(-c2cccs2)nc2ccccc12)C1CCN(S(C)(=O)=O)CC1. The van der Waals surface area contributed by atoms with E-state index in [-0.39, 0.29) is 6.04 Å². The second kappa shape index (κ2) is 7.18. The Bertz CT molecular complexity index is 1040. The van der Waals surface area contributed by atoms with E-state index in [2.05, 4.69) is 4.90 Å². The number of piperidine rings is 1. The molecule has 0 amide bonds. The summed E-state index contributed by atoms with van der Waals surface area (Å²) >= 11 is 1.63. The third-order valence-electron chi connectivity index (χ3n) is 5.10. The average molecular weight is 403 g/mol. The van der Waals surface area contributed by atoms with Crippen molar-refractivity contribution < 1.29 is 8.42 Å². The van der Waals surface area contributed by atoms with Gasteiger partial charge in [-0.25, -0.2) is 22.7 Å². The molecule has 0 atom stereocenters. The Hall–Kier alpha value is -2.03. The monoisotopic (exact) mass is 402 g/mol. The number of hydrogen-bond acceptors (Lipinski definition) is 6. The molecule has 0 aliphatic carbocycles. The summed E-state index contributed by atoms with van der Waals surface area (Å²) in [6.07, 6.45) is 2.86. The molecule has 1 aliphatic rings. The molecule has 0 spiro atoms. The number of anilines is 1. The average Bonchev–Trinajstić information content (AvgIpc) is 3.21. The molecular formula is C19H22N4O2S2. The number of benzene rings is 1. The van der Waals surface area contributed by atoms with Gasteiger partial charge in [-0.05, 0) is 36.4 Å². The minimum Gasteiger partial charge on any atom is -0.356 e. The van der Waals surface area contributed by atoms with E-state index in [0.717, 1.165) is 40.3 Å². The summed E-state index contributed by atoms with van der Waals surface area (Å²) in [7, 11) is -1.07. The number of rotatable bonds is 4. The van der Waals surface area contributed by atoms with E-state index in [4.69, 9.17) is 9.97 Å². The first-order valence-corrected chi connectivity index (χ1v) is 11.6. The minimum atomic E-state index is -3.12. The van der Waals surface area contributed by atoms with Crippen LogP contribution in [-0.2, 0) is 10.0 Å². The van der Waals surface area contributed by atoms with Crippen LogP contribution in [0.5, 0.6) is 0 Å². The fraction of sp³-hybridized carbons (Fsp3) is 0.368. The van der Waals surface area contributed by atoms with E-state index in [1.165, 1.54) is 6.26 Å². The fourth-order valence-electron chi connectivity index (χ4n) is 3.58. The van der Waals surface area contributed by atoms with Crippen LogP contribution in [0.3, 0.4) is 0 Å². The molecule has 0 bridgehead atoms. The van der Waals surface area contributed by atoms with E-state index in [9.17, 15) is 8.42 Å². The summed E-state index contributed by atoms with van der Waals surface area (Å²) in [6.45, 7) is 1.10. The zero-order chi connectivity index (χ0) is 19.0. The lowest BCUT2D eigenvalue weighted by Crippen LogP contribution is -2.45. The Morgan fingerprint density at radius 1 is 1.11 bits per heavy atom. The molecule has 1 fully saturated rings. The Kier molecular flexibility index (Phi) is 4.88. The van der Waals surface area contributed by atoms with E-state index < -0.39 is 10.0 Å². The van der Waals surface area contributed by atoms with Crippen molar-refractivity contribution >= 4 is 38.1 Å². The molecule has 6 nitrogen and oxygen atoms in total. The Labute approximate surface area is 163 Å². The molecule has 4 rings (SSSR count). The van der Waals surface area contributed by atoms with Crippen molar-refractivity contribution in [3.8, 4) is 10.7 Å². The smallest absolute Gasteiger partial charge is 0.211 e. The molecule has 0 unspecified atom stereocenters. The van der Waals surface area contributed by atoms with Gasteiger partial charge in [0, 0.05) is 31.6 Å². The first-order chi connectivity index (χ1) is 12.9. The highest BCUT2D eigenvalue weighted by Gasteiger charge is 2.28. The van der Waals surface area contributed by atoms with E-state index in [1.54, 1.807) is 15.6 Å². The van der Waals surface area contributed by atoms with Crippen LogP contribution in [-0.4, -0.2) is 55.1 Å².